The van der Waals surface area contributed by atoms with Crippen LogP contribution < -0.4 is 15.4 Å². The largest absolute Gasteiger partial charge is 0.492 e. The van der Waals surface area contributed by atoms with Gasteiger partial charge in [0.15, 0.2) is 0 Å². The maximum atomic E-state index is 13.0. The third-order valence-corrected chi connectivity index (χ3v) is 7.36. The first kappa shape index (κ1) is 24.6. The molecule has 0 amide bonds. The number of rotatable bonds is 11. The molecule has 0 saturated heterocycles. The highest BCUT2D eigenvalue weighted by atomic mass is 35.5. The van der Waals surface area contributed by atoms with E-state index in [4.69, 9.17) is 27.9 Å². The lowest BCUT2D eigenvalue weighted by molar-refractivity contribution is 0.317. The molecule has 0 spiro atoms. The minimum absolute atomic E-state index is 0.245. The third-order valence-electron chi connectivity index (χ3n) is 5.22. The zero-order chi connectivity index (χ0) is 24.0. The van der Waals surface area contributed by atoms with Gasteiger partial charge in [-0.25, -0.2) is 12.4 Å². The first-order valence-electron chi connectivity index (χ1n) is 10.8. The van der Waals surface area contributed by atoms with E-state index in [-0.39, 0.29) is 4.90 Å². The van der Waals surface area contributed by atoms with Crippen LogP contribution in [-0.4, -0.2) is 38.6 Å². The molecule has 0 aliphatic rings. The topological polar surface area (TPSA) is 72.4 Å². The summed E-state index contributed by atoms with van der Waals surface area (Å²) in [5.74, 6) is 0.650. The molecule has 2 N–H and O–H groups in total. The van der Waals surface area contributed by atoms with Crippen LogP contribution in [0.25, 0.3) is 10.9 Å². The van der Waals surface area contributed by atoms with Gasteiger partial charge in [0.1, 0.15) is 12.4 Å². The van der Waals surface area contributed by atoms with Crippen molar-refractivity contribution in [3.63, 3.8) is 0 Å². The van der Waals surface area contributed by atoms with Crippen LogP contribution in [0.5, 0.6) is 5.75 Å². The van der Waals surface area contributed by atoms with Gasteiger partial charge >= 0.3 is 0 Å². The second-order valence-electron chi connectivity index (χ2n) is 7.67. The number of ether oxygens (including phenoxy) is 1. The number of nitrogens with one attached hydrogen (secondary N) is 2. The molecule has 34 heavy (non-hydrogen) atoms. The van der Waals surface area contributed by atoms with Crippen molar-refractivity contribution >= 4 is 44.1 Å². The van der Waals surface area contributed by atoms with E-state index in [0.717, 1.165) is 24.0 Å². The highest BCUT2D eigenvalue weighted by Crippen LogP contribution is 2.29. The first-order valence-corrected chi connectivity index (χ1v) is 13.0. The first-order chi connectivity index (χ1) is 16.4. The van der Waals surface area contributed by atoms with E-state index in [1.165, 1.54) is 3.97 Å². The SMILES string of the molecule is O=S(=O)(c1ccccc1)n1ccc2c(OCCNCCNCc3cc(Cl)cc(Cl)c3)cccc21. The number of aromatic nitrogens is 1. The van der Waals surface area contributed by atoms with E-state index in [0.29, 0.717) is 41.0 Å². The van der Waals surface area contributed by atoms with E-state index < -0.39 is 10.0 Å². The molecule has 3 aromatic carbocycles. The summed E-state index contributed by atoms with van der Waals surface area (Å²) in [6.45, 7) is 3.35. The van der Waals surface area contributed by atoms with Gasteiger partial charge in [-0.05, 0) is 54.1 Å². The van der Waals surface area contributed by atoms with Gasteiger partial charge in [0.25, 0.3) is 10.0 Å². The normalized spacial score (nSPS) is 11.7. The van der Waals surface area contributed by atoms with Crippen LogP contribution in [0, 0.1) is 0 Å². The van der Waals surface area contributed by atoms with Crippen molar-refractivity contribution < 1.29 is 13.2 Å². The summed E-state index contributed by atoms with van der Waals surface area (Å²) in [6.07, 6.45) is 1.57. The zero-order valence-electron chi connectivity index (χ0n) is 18.4. The van der Waals surface area contributed by atoms with E-state index >= 15 is 0 Å². The molecular formula is C25H25Cl2N3O3S. The molecule has 0 radical (unpaired) electrons. The summed E-state index contributed by atoms with van der Waals surface area (Å²) >= 11 is 12.0. The molecule has 1 aromatic heterocycles. The predicted molar refractivity (Wildman–Crippen MR) is 137 cm³/mol. The van der Waals surface area contributed by atoms with Crippen molar-refractivity contribution in [1.29, 1.82) is 0 Å². The smallest absolute Gasteiger partial charge is 0.268 e. The molecular weight excluding hydrogens is 493 g/mol. The molecule has 0 atom stereocenters. The van der Waals surface area contributed by atoms with Gasteiger partial charge in [0.2, 0.25) is 0 Å². The third kappa shape index (κ3) is 5.92. The maximum absolute atomic E-state index is 13.0. The van der Waals surface area contributed by atoms with Crippen molar-refractivity contribution in [2.45, 2.75) is 11.4 Å². The van der Waals surface area contributed by atoms with Gasteiger partial charge in [-0.1, -0.05) is 47.5 Å². The lowest BCUT2D eigenvalue weighted by atomic mass is 10.2. The Labute approximate surface area is 209 Å². The summed E-state index contributed by atoms with van der Waals surface area (Å²) < 4.78 is 33.3. The van der Waals surface area contributed by atoms with Gasteiger partial charge in [-0.15, -0.1) is 0 Å². The fraction of sp³-hybridized carbons (Fsp3) is 0.200. The Bertz CT molecular complexity index is 1340. The quantitative estimate of drug-likeness (QED) is 0.275. The minimum Gasteiger partial charge on any atom is -0.492 e. The summed E-state index contributed by atoms with van der Waals surface area (Å²) in [5, 5.41) is 8.67. The van der Waals surface area contributed by atoms with Crippen LogP contribution in [0.4, 0.5) is 0 Å². The number of nitrogens with zero attached hydrogens (tertiary/aromatic N) is 1. The average molecular weight is 518 g/mol. The van der Waals surface area contributed by atoms with Gasteiger partial charge in [-0.2, -0.15) is 0 Å². The lowest BCUT2D eigenvalue weighted by Gasteiger charge is -2.11. The van der Waals surface area contributed by atoms with Crippen molar-refractivity contribution in [3.8, 4) is 5.75 Å². The number of halogens is 2. The molecule has 0 fully saturated rings. The van der Waals surface area contributed by atoms with Crippen molar-refractivity contribution in [2.24, 2.45) is 0 Å². The van der Waals surface area contributed by atoms with E-state index in [2.05, 4.69) is 10.6 Å². The number of hydrogen-bond acceptors (Lipinski definition) is 5. The Hall–Kier alpha value is -2.55. The number of benzene rings is 3. The fourth-order valence-electron chi connectivity index (χ4n) is 3.64. The monoisotopic (exact) mass is 517 g/mol. The molecule has 4 aromatic rings. The van der Waals surface area contributed by atoms with Crippen LogP contribution >= 0.6 is 23.2 Å². The molecule has 0 unspecified atom stereocenters. The van der Waals surface area contributed by atoms with Crippen LogP contribution in [0.2, 0.25) is 10.0 Å². The Morgan fingerprint density at radius 2 is 1.56 bits per heavy atom. The Morgan fingerprint density at radius 1 is 0.824 bits per heavy atom. The molecule has 6 nitrogen and oxygen atoms in total. The molecule has 1 heterocycles. The Morgan fingerprint density at radius 3 is 2.32 bits per heavy atom. The summed E-state index contributed by atoms with van der Waals surface area (Å²) in [5.41, 5.74) is 1.62. The highest BCUT2D eigenvalue weighted by Gasteiger charge is 2.19. The second kappa shape index (κ2) is 11.3. The minimum atomic E-state index is -3.67. The zero-order valence-corrected chi connectivity index (χ0v) is 20.7. The van der Waals surface area contributed by atoms with Crippen LogP contribution in [0.15, 0.2) is 83.9 Å². The van der Waals surface area contributed by atoms with Crippen molar-refractivity contribution in [2.75, 3.05) is 26.2 Å². The lowest BCUT2D eigenvalue weighted by Crippen LogP contribution is -2.29. The maximum Gasteiger partial charge on any atom is 0.268 e. The van der Waals surface area contributed by atoms with Gasteiger partial charge in [0, 0.05) is 47.8 Å². The highest BCUT2D eigenvalue weighted by molar-refractivity contribution is 7.90. The van der Waals surface area contributed by atoms with Crippen molar-refractivity contribution in [3.05, 3.63) is 94.6 Å². The molecule has 0 aliphatic heterocycles. The van der Waals surface area contributed by atoms with Gasteiger partial charge in [-0.3, -0.25) is 0 Å². The average Bonchev–Trinajstić information content (AvgIpc) is 3.27. The van der Waals surface area contributed by atoms with Crippen LogP contribution in [0.3, 0.4) is 0 Å². The van der Waals surface area contributed by atoms with E-state index in [9.17, 15) is 8.42 Å². The summed E-state index contributed by atoms with van der Waals surface area (Å²) in [4.78, 5) is 0.245. The van der Waals surface area contributed by atoms with Crippen LogP contribution in [-0.2, 0) is 16.6 Å². The number of hydrogen-bond donors (Lipinski definition) is 2. The standard InChI is InChI=1S/C25H25Cl2N3O3S/c26-20-15-19(16-21(27)17-20)18-29-11-10-28-12-14-33-25-8-4-7-24-23(25)9-13-30(24)34(31,32)22-5-2-1-3-6-22/h1-9,13,15-17,28-29H,10-12,14,18H2. The predicted octanol–water partition coefficient (Wildman–Crippen LogP) is 4.94. The second-order valence-corrected chi connectivity index (χ2v) is 10.4. The summed E-state index contributed by atoms with van der Waals surface area (Å²) in [6, 6.07) is 21.1. The number of fused-ring (bicyclic) bond motifs is 1. The molecule has 4 rings (SSSR count). The van der Waals surface area contributed by atoms with Crippen molar-refractivity contribution in [1.82, 2.24) is 14.6 Å². The Kier molecular flexibility index (Phi) is 8.13. The van der Waals surface area contributed by atoms with E-state index in [1.807, 2.05) is 18.2 Å². The van der Waals surface area contributed by atoms with Gasteiger partial charge in [0.05, 0.1) is 10.4 Å². The molecule has 0 aliphatic carbocycles. The Balaban J connectivity index is 1.27. The molecule has 0 saturated carbocycles. The summed E-state index contributed by atoms with van der Waals surface area (Å²) in [7, 11) is -3.67. The van der Waals surface area contributed by atoms with Crippen LogP contribution in [0.1, 0.15) is 5.56 Å². The molecule has 178 valence electrons. The molecule has 0 bridgehead atoms. The van der Waals surface area contributed by atoms with E-state index in [1.54, 1.807) is 60.8 Å². The van der Waals surface area contributed by atoms with Gasteiger partial charge < -0.3 is 15.4 Å². The molecule has 9 heteroatoms. The fourth-order valence-corrected chi connectivity index (χ4v) is 5.58.